The maximum absolute atomic E-state index is 2.38. The van der Waals surface area contributed by atoms with Gasteiger partial charge in [0.1, 0.15) is 0 Å². The van der Waals surface area contributed by atoms with Gasteiger partial charge in [-0.3, -0.25) is 0 Å². The van der Waals surface area contributed by atoms with Gasteiger partial charge in [0.05, 0.1) is 0 Å². The van der Waals surface area contributed by atoms with Gasteiger partial charge in [-0.25, -0.2) is 0 Å². The van der Waals surface area contributed by atoms with Gasteiger partial charge in [-0.2, -0.15) is 0 Å². The van der Waals surface area contributed by atoms with E-state index in [1.807, 2.05) is 0 Å². The van der Waals surface area contributed by atoms with Crippen LogP contribution in [0.5, 0.6) is 0 Å². The van der Waals surface area contributed by atoms with E-state index in [0.717, 1.165) is 23.7 Å². The molecule has 0 bridgehead atoms. The normalized spacial score (nSPS) is 30.8. The van der Waals surface area contributed by atoms with Crippen molar-refractivity contribution in [3.05, 3.63) is 12.2 Å². The molecule has 0 nitrogen and oxygen atoms in total. The van der Waals surface area contributed by atoms with E-state index in [1.165, 1.54) is 83.5 Å². The Labute approximate surface area is 159 Å². The zero-order chi connectivity index (χ0) is 17.7. The van der Waals surface area contributed by atoms with Crippen LogP contribution >= 0.6 is 0 Å². The summed E-state index contributed by atoms with van der Waals surface area (Å²) < 4.78 is 0. The summed E-state index contributed by atoms with van der Waals surface area (Å²) in [5, 5.41) is 0. The topological polar surface area (TPSA) is 0 Å². The Kier molecular flexibility index (Phi) is 10.9. The van der Waals surface area contributed by atoms with Gasteiger partial charge in [-0.1, -0.05) is 109 Å². The van der Waals surface area contributed by atoms with Crippen molar-refractivity contribution in [3.8, 4) is 0 Å². The van der Waals surface area contributed by atoms with Gasteiger partial charge in [-0.15, -0.1) is 0 Å². The van der Waals surface area contributed by atoms with E-state index in [9.17, 15) is 0 Å². The minimum atomic E-state index is 1.000. The van der Waals surface area contributed by atoms with Crippen LogP contribution in [0.25, 0.3) is 0 Å². The molecule has 0 unspecified atom stereocenters. The molecule has 0 heterocycles. The molecular weight excluding hydrogens is 300 g/mol. The number of rotatable bonds is 11. The first kappa shape index (κ1) is 21.0. The van der Waals surface area contributed by atoms with E-state index in [0.29, 0.717) is 0 Å². The first-order chi connectivity index (χ1) is 12.3. The first-order valence-corrected chi connectivity index (χ1v) is 11.9. The molecule has 2 aliphatic carbocycles. The average molecular weight is 347 g/mol. The molecule has 2 saturated carbocycles. The Morgan fingerprint density at radius 1 is 0.600 bits per heavy atom. The van der Waals surface area contributed by atoms with Gasteiger partial charge in [0, 0.05) is 0 Å². The molecule has 0 aromatic carbocycles. The fourth-order valence-electron chi connectivity index (χ4n) is 5.44. The summed E-state index contributed by atoms with van der Waals surface area (Å²) in [4.78, 5) is 0. The lowest BCUT2D eigenvalue weighted by atomic mass is 9.76. The lowest BCUT2D eigenvalue weighted by molar-refractivity contribution is 0.235. The monoisotopic (exact) mass is 346 g/mol. The smallest absolute Gasteiger partial charge is 0.0322 e. The van der Waals surface area contributed by atoms with Crippen molar-refractivity contribution in [2.24, 2.45) is 23.7 Å². The molecule has 0 amide bonds. The van der Waals surface area contributed by atoms with Gasteiger partial charge in [0.2, 0.25) is 0 Å². The minimum absolute atomic E-state index is 1.000. The molecule has 0 atom stereocenters. The summed E-state index contributed by atoms with van der Waals surface area (Å²) >= 11 is 0. The highest BCUT2D eigenvalue weighted by atomic mass is 14.3. The second-order valence-corrected chi connectivity index (χ2v) is 9.36. The molecule has 0 radical (unpaired) electrons. The van der Waals surface area contributed by atoms with Crippen molar-refractivity contribution in [2.45, 2.75) is 123 Å². The third-order valence-electron chi connectivity index (χ3n) is 7.33. The predicted molar refractivity (Wildman–Crippen MR) is 113 cm³/mol. The van der Waals surface area contributed by atoms with Gasteiger partial charge < -0.3 is 0 Å². The van der Waals surface area contributed by atoms with Crippen molar-refractivity contribution >= 4 is 0 Å². The Morgan fingerprint density at radius 3 is 1.40 bits per heavy atom. The van der Waals surface area contributed by atoms with Gasteiger partial charge in [-0.05, 0) is 49.9 Å². The molecule has 2 fully saturated rings. The molecular formula is C25H46. The molecule has 0 heteroatoms. The predicted octanol–water partition coefficient (Wildman–Crippen LogP) is 8.71. The van der Waals surface area contributed by atoms with Gasteiger partial charge >= 0.3 is 0 Å². The number of allylic oxidation sites excluding steroid dienone is 2. The summed E-state index contributed by atoms with van der Waals surface area (Å²) in [6.45, 7) is 4.48. The Balaban J connectivity index is 1.45. The van der Waals surface area contributed by atoms with Crippen molar-refractivity contribution < 1.29 is 0 Å². The summed E-state index contributed by atoms with van der Waals surface area (Å²) in [6.07, 6.45) is 30.1. The van der Waals surface area contributed by atoms with Crippen LogP contribution in [-0.4, -0.2) is 0 Å². The Hall–Kier alpha value is -0.260. The van der Waals surface area contributed by atoms with E-state index < -0.39 is 0 Å². The fourth-order valence-corrected chi connectivity index (χ4v) is 5.44. The number of hydrogen-bond donors (Lipinski definition) is 0. The molecule has 0 spiro atoms. The third kappa shape index (κ3) is 8.78. The maximum Gasteiger partial charge on any atom is -0.0322 e. The van der Waals surface area contributed by atoms with Crippen LogP contribution in [0.3, 0.4) is 0 Å². The van der Waals surface area contributed by atoms with E-state index in [1.54, 1.807) is 25.7 Å². The molecule has 2 aliphatic rings. The van der Waals surface area contributed by atoms with Crippen molar-refractivity contribution in [2.75, 3.05) is 0 Å². The van der Waals surface area contributed by atoms with Crippen LogP contribution < -0.4 is 0 Å². The summed E-state index contributed by atoms with van der Waals surface area (Å²) in [5.74, 6) is 4.23. The summed E-state index contributed by atoms with van der Waals surface area (Å²) in [6, 6.07) is 0. The van der Waals surface area contributed by atoms with Crippen LogP contribution in [0.1, 0.15) is 123 Å². The Bertz CT molecular complexity index is 326. The zero-order valence-electron chi connectivity index (χ0n) is 17.5. The third-order valence-corrected chi connectivity index (χ3v) is 7.33. The highest BCUT2D eigenvalue weighted by Gasteiger charge is 2.22. The lowest BCUT2D eigenvalue weighted by Crippen LogP contribution is -2.15. The van der Waals surface area contributed by atoms with Crippen molar-refractivity contribution in [1.82, 2.24) is 0 Å². The highest BCUT2D eigenvalue weighted by Crippen LogP contribution is 2.36. The molecule has 0 aliphatic heterocycles. The van der Waals surface area contributed by atoms with Gasteiger partial charge in [0.15, 0.2) is 0 Å². The molecule has 0 N–H and O–H groups in total. The van der Waals surface area contributed by atoms with E-state index >= 15 is 0 Å². The van der Waals surface area contributed by atoms with Crippen molar-refractivity contribution in [1.29, 1.82) is 0 Å². The van der Waals surface area contributed by atoms with E-state index in [-0.39, 0.29) is 0 Å². The molecule has 2 rings (SSSR count). The van der Waals surface area contributed by atoms with E-state index in [2.05, 4.69) is 26.0 Å². The summed E-state index contributed by atoms with van der Waals surface area (Å²) in [7, 11) is 0. The molecule has 0 saturated heterocycles. The van der Waals surface area contributed by atoms with Crippen LogP contribution in [0.4, 0.5) is 0 Å². The quantitative estimate of drug-likeness (QED) is 0.259. The fraction of sp³-hybridized carbons (Fsp3) is 0.920. The van der Waals surface area contributed by atoms with Crippen molar-refractivity contribution in [3.63, 3.8) is 0 Å². The minimum Gasteiger partial charge on any atom is -0.0917 e. The molecule has 25 heavy (non-hydrogen) atoms. The maximum atomic E-state index is 2.38. The summed E-state index contributed by atoms with van der Waals surface area (Å²) in [5.41, 5.74) is 0. The van der Waals surface area contributed by atoms with Crippen LogP contribution in [0, 0.1) is 23.7 Å². The van der Waals surface area contributed by atoms with E-state index in [4.69, 9.17) is 0 Å². The first-order valence-electron chi connectivity index (χ1n) is 11.9. The Morgan fingerprint density at radius 2 is 1.00 bits per heavy atom. The lowest BCUT2D eigenvalue weighted by Gasteiger charge is -2.29. The largest absolute Gasteiger partial charge is 0.0917 e. The molecule has 0 aromatic rings. The number of unbranched alkanes of at least 4 members (excludes halogenated alkanes) is 3. The molecule has 0 aromatic heterocycles. The highest BCUT2D eigenvalue weighted by molar-refractivity contribution is 4.83. The van der Waals surface area contributed by atoms with Gasteiger partial charge in [0.25, 0.3) is 0 Å². The number of hydrogen-bond acceptors (Lipinski definition) is 0. The van der Waals surface area contributed by atoms with Crippen LogP contribution in [0.2, 0.25) is 0 Å². The average Bonchev–Trinajstić information content (AvgIpc) is 2.66. The van der Waals surface area contributed by atoms with Crippen LogP contribution in [-0.2, 0) is 0 Å². The second-order valence-electron chi connectivity index (χ2n) is 9.36. The zero-order valence-corrected chi connectivity index (χ0v) is 17.5. The SMILES string of the molecule is C/C=C/CC1CCC(CCCCC2CCC(CCCCC)CC2)CC1. The molecule has 146 valence electrons. The second kappa shape index (κ2) is 13.0. The standard InChI is InChI=1S/C25H46/c1-3-5-7-11-23-18-20-25(21-19-23)13-9-8-12-24-16-14-22(15-17-24)10-6-4-2/h4,6,22-25H,3,5,7-21H2,1-2H3/b6-4+. The van der Waals surface area contributed by atoms with Crippen LogP contribution in [0.15, 0.2) is 12.2 Å².